The predicted octanol–water partition coefficient (Wildman–Crippen LogP) is 7.85. The molecule has 1 aliphatic carbocycles. The number of hydrogen-bond acceptors (Lipinski definition) is 0. The smallest absolute Gasteiger partial charge is 0.0224 e. The van der Waals surface area contributed by atoms with E-state index in [1.165, 1.54) is 28.7 Å². The van der Waals surface area contributed by atoms with E-state index in [9.17, 15) is 0 Å². The molecule has 2 aromatic rings. The number of hydrogen-bond donors (Lipinski definition) is 0. The molecule has 0 heteroatoms. The molecule has 0 fully saturated rings. The van der Waals surface area contributed by atoms with E-state index in [1.54, 1.807) is 0 Å². The van der Waals surface area contributed by atoms with E-state index in [4.69, 9.17) is 0 Å². The van der Waals surface area contributed by atoms with Crippen molar-refractivity contribution in [1.29, 1.82) is 0 Å². The fraction of sp³-hybridized carbons (Fsp3) is 0.360. The van der Waals surface area contributed by atoms with Gasteiger partial charge in [-0.3, -0.25) is 0 Å². The molecule has 0 amide bonds. The lowest BCUT2D eigenvalue weighted by Gasteiger charge is -2.06. The van der Waals surface area contributed by atoms with Crippen molar-refractivity contribution in [3.63, 3.8) is 0 Å². The lowest BCUT2D eigenvalue weighted by atomic mass is 10.00. The van der Waals surface area contributed by atoms with Crippen LogP contribution in [-0.2, 0) is 0 Å². The second kappa shape index (κ2) is 14.3. The van der Waals surface area contributed by atoms with Gasteiger partial charge in [-0.25, -0.2) is 0 Å². The molecule has 0 bridgehead atoms. The van der Waals surface area contributed by atoms with E-state index in [1.807, 2.05) is 32.0 Å². The second-order valence-electron chi connectivity index (χ2n) is 6.33. The van der Waals surface area contributed by atoms with Crippen LogP contribution in [0.25, 0.3) is 0 Å². The van der Waals surface area contributed by atoms with Crippen LogP contribution in [0.1, 0.15) is 50.8 Å². The zero-order valence-electron chi connectivity index (χ0n) is 17.2. The van der Waals surface area contributed by atoms with E-state index in [0.29, 0.717) is 0 Å². The van der Waals surface area contributed by atoms with Crippen molar-refractivity contribution < 1.29 is 0 Å². The average molecular weight is 337 g/mol. The van der Waals surface area contributed by atoms with E-state index < -0.39 is 0 Å². The first-order valence-corrected chi connectivity index (χ1v) is 9.37. The standard InChI is InChI=1S/C8H12.C8H10.C7H8.C2H6/c2*1-7-3-5-8(2)6-4-7;1-7-5-3-2-4-6-7;1-2/h3-5,8H,6H2,1-2H3;3-6H,1-2H3;2-6H,1H3;1-2H3. The SMILES string of the molecule is CC.CC1=CCC(C)C=C1.Cc1ccc(C)cc1.Cc1ccccc1. The van der Waals surface area contributed by atoms with Gasteiger partial charge in [0.2, 0.25) is 0 Å². The van der Waals surface area contributed by atoms with Crippen molar-refractivity contribution in [3.8, 4) is 0 Å². The molecule has 0 heterocycles. The number of aryl methyl sites for hydroxylation is 3. The van der Waals surface area contributed by atoms with Gasteiger partial charge < -0.3 is 0 Å². The molecule has 136 valence electrons. The van der Waals surface area contributed by atoms with Crippen LogP contribution in [0.3, 0.4) is 0 Å². The van der Waals surface area contributed by atoms with Crippen LogP contribution in [0, 0.1) is 26.7 Å². The van der Waals surface area contributed by atoms with Crippen molar-refractivity contribution in [3.05, 3.63) is 95.1 Å². The molecular formula is C25H36. The van der Waals surface area contributed by atoms with E-state index in [-0.39, 0.29) is 0 Å². The summed E-state index contributed by atoms with van der Waals surface area (Å²) in [7, 11) is 0. The number of allylic oxidation sites excluding steroid dienone is 4. The summed E-state index contributed by atoms with van der Waals surface area (Å²) in [6.45, 7) is 14.7. The molecule has 0 aliphatic heterocycles. The maximum absolute atomic E-state index is 2.28. The molecule has 1 aliphatic rings. The van der Waals surface area contributed by atoms with Gasteiger partial charge in [-0.05, 0) is 40.0 Å². The number of benzene rings is 2. The highest BCUT2D eigenvalue weighted by molar-refractivity contribution is 5.20. The molecular weight excluding hydrogens is 300 g/mol. The lowest BCUT2D eigenvalue weighted by Crippen LogP contribution is -1.91. The van der Waals surface area contributed by atoms with Crippen molar-refractivity contribution in [2.75, 3.05) is 0 Å². The molecule has 2 aromatic carbocycles. The summed E-state index contributed by atoms with van der Waals surface area (Å²) < 4.78 is 0. The third-order valence-electron chi connectivity index (χ3n) is 3.66. The van der Waals surface area contributed by atoms with Crippen LogP contribution in [0.15, 0.2) is 78.4 Å². The summed E-state index contributed by atoms with van der Waals surface area (Å²) in [5, 5.41) is 0. The summed E-state index contributed by atoms with van der Waals surface area (Å²) in [5.41, 5.74) is 5.39. The Morgan fingerprint density at radius 1 is 0.680 bits per heavy atom. The molecule has 0 nitrogen and oxygen atoms in total. The predicted molar refractivity (Wildman–Crippen MR) is 115 cm³/mol. The Kier molecular flexibility index (Phi) is 13.1. The maximum atomic E-state index is 2.28. The Hall–Kier alpha value is -2.08. The molecule has 0 N–H and O–H groups in total. The summed E-state index contributed by atoms with van der Waals surface area (Å²) >= 11 is 0. The fourth-order valence-corrected chi connectivity index (χ4v) is 2.01. The van der Waals surface area contributed by atoms with Crippen LogP contribution >= 0.6 is 0 Å². The van der Waals surface area contributed by atoms with E-state index in [2.05, 4.69) is 89.2 Å². The highest BCUT2D eigenvalue weighted by Crippen LogP contribution is 2.13. The third-order valence-corrected chi connectivity index (χ3v) is 3.66. The first kappa shape index (κ1) is 22.9. The Bertz CT molecular complexity index is 579. The molecule has 0 spiro atoms. The van der Waals surface area contributed by atoms with Gasteiger partial charge in [-0.2, -0.15) is 0 Å². The Morgan fingerprint density at radius 2 is 1.12 bits per heavy atom. The lowest BCUT2D eigenvalue weighted by molar-refractivity contribution is 0.731. The van der Waals surface area contributed by atoms with Crippen molar-refractivity contribution in [2.24, 2.45) is 5.92 Å². The molecule has 3 rings (SSSR count). The molecule has 0 radical (unpaired) electrons. The van der Waals surface area contributed by atoms with Gasteiger partial charge >= 0.3 is 0 Å². The monoisotopic (exact) mass is 336 g/mol. The topological polar surface area (TPSA) is 0 Å². The quantitative estimate of drug-likeness (QED) is 0.459. The van der Waals surface area contributed by atoms with Crippen LogP contribution in [-0.4, -0.2) is 0 Å². The van der Waals surface area contributed by atoms with Crippen molar-refractivity contribution in [2.45, 2.75) is 54.9 Å². The largest absolute Gasteiger partial charge is 0.0811 e. The van der Waals surface area contributed by atoms with Gasteiger partial charge in [0.25, 0.3) is 0 Å². The molecule has 0 saturated heterocycles. The maximum Gasteiger partial charge on any atom is -0.0224 e. The van der Waals surface area contributed by atoms with Gasteiger partial charge in [0, 0.05) is 0 Å². The molecule has 0 aromatic heterocycles. The van der Waals surface area contributed by atoms with Gasteiger partial charge in [-0.15, -0.1) is 0 Å². The Balaban J connectivity index is 0.000000330. The van der Waals surface area contributed by atoms with E-state index >= 15 is 0 Å². The summed E-state index contributed by atoms with van der Waals surface area (Å²) in [6, 6.07) is 18.7. The van der Waals surface area contributed by atoms with Gasteiger partial charge in [-0.1, -0.05) is 116 Å². The molecule has 1 unspecified atom stereocenters. The van der Waals surface area contributed by atoms with Crippen LogP contribution in [0.5, 0.6) is 0 Å². The van der Waals surface area contributed by atoms with Gasteiger partial charge in [0.15, 0.2) is 0 Å². The van der Waals surface area contributed by atoms with Crippen molar-refractivity contribution in [1.82, 2.24) is 0 Å². The zero-order valence-corrected chi connectivity index (χ0v) is 17.2. The molecule has 1 atom stereocenters. The molecule has 0 saturated carbocycles. The highest BCUT2D eigenvalue weighted by Gasteiger charge is 1.97. The van der Waals surface area contributed by atoms with Crippen LogP contribution in [0.2, 0.25) is 0 Å². The third kappa shape index (κ3) is 12.9. The van der Waals surface area contributed by atoms with Gasteiger partial charge in [0.1, 0.15) is 0 Å². The second-order valence-corrected chi connectivity index (χ2v) is 6.33. The first-order chi connectivity index (χ1) is 12.0. The first-order valence-electron chi connectivity index (χ1n) is 9.37. The summed E-state index contributed by atoms with van der Waals surface area (Å²) in [5.74, 6) is 0.763. The zero-order chi connectivity index (χ0) is 19.1. The van der Waals surface area contributed by atoms with E-state index in [0.717, 1.165) is 5.92 Å². The number of rotatable bonds is 0. The highest BCUT2D eigenvalue weighted by atomic mass is 14.0. The minimum Gasteiger partial charge on any atom is -0.0811 e. The Labute approximate surface area is 156 Å². The fourth-order valence-electron chi connectivity index (χ4n) is 2.01. The normalized spacial score (nSPS) is 14.5. The van der Waals surface area contributed by atoms with Gasteiger partial charge in [0.05, 0.1) is 0 Å². The Morgan fingerprint density at radius 3 is 1.40 bits per heavy atom. The minimum atomic E-state index is 0.763. The average Bonchev–Trinajstić information content (AvgIpc) is 2.64. The summed E-state index contributed by atoms with van der Waals surface area (Å²) in [4.78, 5) is 0. The van der Waals surface area contributed by atoms with Crippen molar-refractivity contribution >= 4 is 0 Å². The molecule has 25 heavy (non-hydrogen) atoms. The van der Waals surface area contributed by atoms with Crippen LogP contribution in [0.4, 0.5) is 0 Å². The summed E-state index contributed by atoms with van der Waals surface area (Å²) in [6.07, 6.45) is 7.95. The minimum absolute atomic E-state index is 0.763. The van der Waals surface area contributed by atoms with Crippen LogP contribution < -0.4 is 0 Å².